The highest BCUT2D eigenvalue weighted by molar-refractivity contribution is 5.43. The van der Waals surface area contributed by atoms with Gasteiger partial charge in [-0.3, -0.25) is 0 Å². The number of para-hydroxylation sites is 1. The van der Waals surface area contributed by atoms with Crippen LogP contribution in [0.3, 0.4) is 0 Å². The molecule has 1 aromatic carbocycles. The van der Waals surface area contributed by atoms with Gasteiger partial charge < -0.3 is 14.8 Å². The third-order valence-corrected chi connectivity index (χ3v) is 2.59. The summed E-state index contributed by atoms with van der Waals surface area (Å²) >= 11 is 0. The van der Waals surface area contributed by atoms with E-state index < -0.39 is 0 Å². The fraction of sp³-hybridized carbons (Fsp3) is 0.500. The fourth-order valence-corrected chi connectivity index (χ4v) is 1.82. The second-order valence-corrected chi connectivity index (χ2v) is 3.67. The highest BCUT2D eigenvalue weighted by Crippen LogP contribution is 2.29. The summed E-state index contributed by atoms with van der Waals surface area (Å²) in [5.41, 5.74) is 2.59. The number of rotatable bonds is 5. The summed E-state index contributed by atoms with van der Waals surface area (Å²) in [4.78, 5) is 0. The standard InChI is InChI=1S/C12H17NO2/c1-14-8-6-13-9-11-4-2-3-10-5-7-15-12(10)11/h2-4,13H,5-9H2,1H3. The lowest BCUT2D eigenvalue weighted by Gasteiger charge is -2.08. The Morgan fingerprint density at radius 2 is 2.40 bits per heavy atom. The van der Waals surface area contributed by atoms with Crippen LogP contribution >= 0.6 is 0 Å². The van der Waals surface area contributed by atoms with Gasteiger partial charge in [0.2, 0.25) is 0 Å². The zero-order valence-corrected chi connectivity index (χ0v) is 9.08. The summed E-state index contributed by atoms with van der Waals surface area (Å²) in [6.07, 6.45) is 1.04. The van der Waals surface area contributed by atoms with E-state index in [2.05, 4.69) is 23.5 Å². The summed E-state index contributed by atoms with van der Waals surface area (Å²) in [5.74, 6) is 1.09. The first-order valence-electron chi connectivity index (χ1n) is 5.35. The zero-order chi connectivity index (χ0) is 10.5. The van der Waals surface area contributed by atoms with E-state index in [1.54, 1.807) is 7.11 Å². The molecule has 0 saturated heterocycles. The minimum absolute atomic E-state index is 0.746. The van der Waals surface area contributed by atoms with Crippen molar-refractivity contribution in [3.63, 3.8) is 0 Å². The number of methoxy groups -OCH3 is 1. The number of fused-ring (bicyclic) bond motifs is 1. The molecule has 3 nitrogen and oxygen atoms in total. The summed E-state index contributed by atoms with van der Waals surface area (Å²) in [5, 5.41) is 3.33. The largest absolute Gasteiger partial charge is 0.493 e. The number of benzene rings is 1. The predicted molar refractivity (Wildman–Crippen MR) is 59.2 cm³/mol. The lowest BCUT2D eigenvalue weighted by Crippen LogP contribution is -2.18. The molecule has 2 rings (SSSR count). The number of hydrogen-bond acceptors (Lipinski definition) is 3. The third kappa shape index (κ3) is 2.49. The van der Waals surface area contributed by atoms with Crippen LogP contribution in [-0.2, 0) is 17.7 Å². The van der Waals surface area contributed by atoms with E-state index >= 15 is 0 Å². The van der Waals surface area contributed by atoms with E-state index in [1.165, 1.54) is 11.1 Å². The van der Waals surface area contributed by atoms with E-state index in [0.29, 0.717) is 0 Å². The molecule has 1 heterocycles. The zero-order valence-electron chi connectivity index (χ0n) is 9.08. The molecule has 0 radical (unpaired) electrons. The van der Waals surface area contributed by atoms with Gasteiger partial charge in [-0.25, -0.2) is 0 Å². The average molecular weight is 207 g/mol. The monoisotopic (exact) mass is 207 g/mol. The molecule has 0 bridgehead atoms. The van der Waals surface area contributed by atoms with E-state index in [-0.39, 0.29) is 0 Å². The Labute approximate surface area is 90.4 Å². The molecule has 0 atom stereocenters. The molecule has 82 valence electrons. The van der Waals surface area contributed by atoms with Crippen LogP contribution in [0.2, 0.25) is 0 Å². The van der Waals surface area contributed by atoms with Crippen molar-refractivity contribution in [1.29, 1.82) is 0 Å². The molecule has 0 saturated carbocycles. The summed E-state index contributed by atoms with van der Waals surface area (Å²) in [7, 11) is 1.71. The molecule has 0 amide bonds. The van der Waals surface area contributed by atoms with E-state index in [0.717, 1.165) is 38.5 Å². The maximum Gasteiger partial charge on any atom is 0.127 e. The van der Waals surface area contributed by atoms with Gasteiger partial charge in [0, 0.05) is 32.2 Å². The molecule has 0 fully saturated rings. The van der Waals surface area contributed by atoms with Gasteiger partial charge in [-0.2, -0.15) is 0 Å². The second-order valence-electron chi connectivity index (χ2n) is 3.67. The van der Waals surface area contributed by atoms with Crippen LogP contribution in [0.5, 0.6) is 5.75 Å². The Balaban J connectivity index is 1.94. The smallest absolute Gasteiger partial charge is 0.127 e. The molecule has 3 heteroatoms. The fourth-order valence-electron chi connectivity index (χ4n) is 1.82. The van der Waals surface area contributed by atoms with E-state index in [4.69, 9.17) is 9.47 Å². The van der Waals surface area contributed by atoms with Gasteiger partial charge in [0.25, 0.3) is 0 Å². The van der Waals surface area contributed by atoms with Crippen LogP contribution < -0.4 is 10.1 Å². The Morgan fingerprint density at radius 3 is 3.27 bits per heavy atom. The van der Waals surface area contributed by atoms with Crippen molar-refractivity contribution in [1.82, 2.24) is 5.32 Å². The molecule has 15 heavy (non-hydrogen) atoms. The molecule has 0 aromatic heterocycles. The van der Waals surface area contributed by atoms with Gasteiger partial charge in [0.15, 0.2) is 0 Å². The molecule has 1 aliphatic rings. The highest BCUT2D eigenvalue weighted by atomic mass is 16.5. The van der Waals surface area contributed by atoms with Crippen LogP contribution in [0, 0.1) is 0 Å². The minimum atomic E-state index is 0.746. The minimum Gasteiger partial charge on any atom is -0.493 e. The first-order chi connectivity index (χ1) is 7.42. The Morgan fingerprint density at radius 1 is 1.47 bits per heavy atom. The third-order valence-electron chi connectivity index (χ3n) is 2.59. The molecule has 1 aromatic rings. The average Bonchev–Trinajstić information content (AvgIpc) is 2.73. The summed E-state index contributed by atoms with van der Waals surface area (Å²) < 4.78 is 10.6. The maximum absolute atomic E-state index is 5.62. The molecule has 0 unspecified atom stereocenters. The van der Waals surface area contributed by atoms with E-state index in [1.807, 2.05) is 0 Å². The maximum atomic E-state index is 5.62. The van der Waals surface area contributed by atoms with Crippen molar-refractivity contribution in [2.24, 2.45) is 0 Å². The molecular weight excluding hydrogens is 190 g/mol. The van der Waals surface area contributed by atoms with Crippen LogP contribution in [0.1, 0.15) is 11.1 Å². The number of nitrogens with one attached hydrogen (secondary N) is 1. The normalized spacial score (nSPS) is 13.7. The van der Waals surface area contributed by atoms with Gasteiger partial charge in [-0.15, -0.1) is 0 Å². The van der Waals surface area contributed by atoms with Crippen molar-refractivity contribution in [2.75, 3.05) is 26.9 Å². The van der Waals surface area contributed by atoms with Crippen LogP contribution in [0.4, 0.5) is 0 Å². The SMILES string of the molecule is COCCNCc1cccc2c1OCC2. The van der Waals surface area contributed by atoms with Crippen molar-refractivity contribution >= 4 is 0 Å². The van der Waals surface area contributed by atoms with E-state index in [9.17, 15) is 0 Å². The Kier molecular flexibility index (Phi) is 3.59. The summed E-state index contributed by atoms with van der Waals surface area (Å²) in [6, 6.07) is 6.35. The topological polar surface area (TPSA) is 30.5 Å². The molecule has 1 N–H and O–H groups in total. The van der Waals surface area contributed by atoms with Crippen LogP contribution in [0.15, 0.2) is 18.2 Å². The lowest BCUT2D eigenvalue weighted by atomic mass is 10.1. The quantitative estimate of drug-likeness (QED) is 0.739. The van der Waals surface area contributed by atoms with Gasteiger partial charge in [-0.05, 0) is 5.56 Å². The number of hydrogen-bond donors (Lipinski definition) is 1. The molecule has 0 aliphatic carbocycles. The van der Waals surface area contributed by atoms with Crippen molar-refractivity contribution in [3.05, 3.63) is 29.3 Å². The first kappa shape index (κ1) is 10.5. The summed E-state index contributed by atoms with van der Waals surface area (Å²) in [6.45, 7) is 3.30. The molecular formula is C12H17NO2. The second kappa shape index (κ2) is 5.14. The van der Waals surface area contributed by atoms with Gasteiger partial charge in [0.05, 0.1) is 13.2 Å². The Bertz CT molecular complexity index is 325. The van der Waals surface area contributed by atoms with Gasteiger partial charge >= 0.3 is 0 Å². The van der Waals surface area contributed by atoms with Crippen molar-refractivity contribution < 1.29 is 9.47 Å². The van der Waals surface area contributed by atoms with Crippen molar-refractivity contribution in [2.45, 2.75) is 13.0 Å². The van der Waals surface area contributed by atoms with Gasteiger partial charge in [0.1, 0.15) is 5.75 Å². The van der Waals surface area contributed by atoms with Crippen LogP contribution in [-0.4, -0.2) is 26.9 Å². The lowest BCUT2D eigenvalue weighted by molar-refractivity contribution is 0.199. The Hall–Kier alpha value is -1.06. The highest BCUT2D eigenvalue weighted by Gasteiger charge is 2.14. The molecule has 0 spiro atoms. The predicted octanol–water partition coefficient (Wildman–Crippen LogP) is 1.36. The molecule has 1 aliphatic heterocycles. The van der Waals surface area contributed by atoms with Crippen LogP contribution in [0.25, 0.3) is 0 Å². The van der Waals surface area contributed by atoms with Gasteiger partial charge in [-0.1, -0.05) is 18.2 Å². The number of ether oxygens (including phenoxy) is 2. The van der Waals surface area contributed by atoms with Crippen molar-refractivity contribution in [3.8, 4) is 5.75 Å². The first-order valence-corrected chi connectivity index (χ1v) is 5.35.